The number of hydrogen-bond acceptors (Lipinski definition) is 4. The first-order chi connectivity index (χ1) is 9.21. The van der Waals surface area contributed by atoms with Gasteiger partial charge in [-0.25, -0.2) is 0 Å². The van der Waals surface area contributed by atoms with Gasteiger partial charge in [0.05, 0.1) is 13.2 Å². The van der Waals surface area contributed by atoms with E-state index in [0.717, 1.165) is 39.4 Å². The van der Waals surface area contributed by atoms with Crippen LogP contribution in [0.3, 0.4) is 0 Å². The van der Waals surface area contributed by atoms with Crippen LogP contribution in [0.1, 0.15) is 41.5 Å². The Bertz CT molecular complexity index is 228. The maximum absolute atomic E-state index is 5.25. The molecule has 4 nitrogen and oxygen atoms in total. The van der Waals surface area contributed by atoms with Crippen molar-refractivity contribution in [1.82, 2.24) is 15.1 Å². The molecule has 0 aliphatic carbocycles. The fourth-order valence-electron chi connectivity index (χ4n) is 2.57. The normalized spacial score (nSPS) is 23.1. The maximum Gasteiger partial charge on any atom is 0.0594 e. The van der Waals surface area contributed by atoms with Crippen molar-refractivity contribution in [3.63, 3.8) is 0 Å². The summed E-state index contributed by atoms with van der Waals surface area (Å²) in [6.07, 6.45) is 0. The van der Waals surface area contributed by atoms with Crippen LogP contribution in [0.5, 0.6) is 0 Å². The standard InChI is InChI=1S/C8H18N2.C8H17NO/c1-8(2,3)10-6-4-9-5-7-10;1-8(2,3)9-4-6-10-7-5-9/h9H,4-7H2,1-3H3;4-7H2,1-3H3. The molecule has 0 radical (unpaired) electrons. The predicted octanol–water partition coefficient (Wildman–Crippen LogP) is 1.81. The molecule has 0 amide bonds. The van der Waals surface area contributed by atoms with E-state index in [4.69, 9.17) is 4.74 Å². The molecule has 0 unspecified atom stereocenters. The number of nitrogens with one attached hydrogen (secondary N) is 1. The lowest BCUT2D eigenvalue weighted by molar-refractivity contribution is -0.00389. The molecular formula is C16H35N3O. The second-order valence-electron chi connectivity index (χ2n) is 7.68. The first-order valence-electron chi connectivity index (χ1n) is 8.00. The Morgan fingerprint density at radius 3 is 1.40 bits per heavy atom. The zero-order chi connectivity index (χ0) is 15.2. The van der Waals surface area contributed by atoms with Crippen molar-refractivity contribution in [2.75, 3.05) is 52.5 Å². The van der Waals surface area contributed by atoms with Gasteiger partial charge in [0.1, 0.15) is 0 Å². The molecule has 0 bridgehead atoms. The zero-order valence-corrected chi connectivity index (χ0v) is 14.5. The van der Waals surface area contributed by atoms with Crippen molar-refractivity contribution in [2.45, 2.75) is 52.6 Å². The van der Waals surface area contributed by atoms with Gasteiger partial charge in [0.15, 0.2) is 0 Å². The number of ether oxygens (including phenoxy) is 1. The summed E-state index contributed by atoms with van der Waals surface area (Å²) in [7, 11) is 0. The highest BCUT2D eigenvalue weighted by atomic mass is 16.5. The molecule has 4 heteroatoms. The van der Waals surface area contributed by atoms with E-state index in [1.807, 2.05) is 0 Å². The fourth-order valence-corrected chi connectivity index (χ4v) is 2.57. The molecular weight excluding hydrogens is 250 g/mol. The Labute approximate surface area is 125 Å². The van der Waals surface area contributed by atoms with Gasteiger partial charge in [-0.3, -0.25) is 9.80 Å². The van der Waals surface area contributed by atoms with Gasteiger partial charge in [-0.1, -0.05) is 0 Å². The molecule has 2 heterocycles. The minimum Gasteiger partial charge on any atom is -0.379 e. The Hall–Kier alpha value is -0.160. The molecule has 2 aliphatic heterocycles. The van der Waals surface area contributed by atoms with Crippen molar-refractivity contribution in [3.8, 4) is 0 Å². The van der Waals surface area contributed by atoms with Crippen molar-refractivity contribution in [1.29, 1.82) is 0 Å². The second-order valence-corrected chi connectivity index (χ2v) is 7.68. The average Bonchev–Trinajstić information content (AvgIpc) is 2.40. The van der Waals surface area contributed by atoms with E-state index in [0.29, 0.717) is 11.1 Å². The molecule has 1 N–H and O–H groups in total. The van der Waals surface area contributed by atoms with Gasteiger partial charge in [-0.2, -0.15) is 0 Å². The van der Waals surface area contributed by atoms with E-state index < -0.39 is 0 Å². The molecule has 0 aromatic carbocycles. The predicted molar refractivity (Wildman–Crippen MR) is 86.3 cm³/mol. The third kappa shape index (κ3) is 6.53. The zero-order valence-electron chi connectivity index (χ0n) is 14.5. The monoisotopic (exact) mass is 285 g/mol. The van der Waals surface area contributed by atoms with Crippen LogP contribution in [0.25, 0.3) is 0 Å². The number of nitrogens with zero attached hydrogens (tertiary/aromatic N) is 2. The highest BCUT2D eigenvalue weighted by Gasteiger charge is 2.23. The van der Waals surface area contributed by atoms with Gasteiger partial charge in [-0.05, 0) is 41.5 Å². The number of piperazine rings is 1. The third-order valence-corrected chi connectivity index (χ3v) is 4.03. The molecule has 0 aromatic heterocycles. The summed E-state index contributed by atoms with van der Waals surface area (Å²) in [5.41, 5.74) is 0.686. The Morgan fingerprint density at radius 1 is 0.700 bits per heavy atom. The summed E-state index contributed by atoms with van der Waals surface area (Å²) in [5, 5.41) is 3.35. The van der Waals surface area contributed by atoms with Crippen molar-refractivity contribution >= 4 is 0 Å². The molecule has 2 fully saturated rings. The molecule has 0 spiro atoms. The topological polar surface area (TPSA) is 27.7 Å². The largest absolute Gasteiger partial charge is 0.379 e. The lowest BCUT2D eigenvalue weighted by Gasteiger charge is -2.38. The molecule has 0 aromatic rings. The van der Waals surface area contributed by atoms with Crippen LogP contribution >= 0.6 is 0 Å². The summed E-state index contributed by atoms with van der Waals surface area (Å²) in [6, 6.07) is 0. The van der Waals surface area contributed by atoms with Gasteiger partial charge in [0, 0.05) is 50.3 Å². The molecule has 2 aliphatic rings. The third-order valence-electron chi connectivity index (χ3n) is 4.03. The van der Waals surface area contributed by atoms with Gasteiger partial charge >= 0.3 is 0 Å². The van der Waals surface area contributed by atoms with E-state index in [1.165, 1.54) is 13.1 Å². The average molecular weight is 285 g/mol. The van der Waals surface area contributed by atoms with Crippen LogP contribution in [0.2, 0.25) is 0 Å². The lowest BCUT2D eigenvalue weighted by atomic mass is 10.1. The molecule has 0 atom stereocenters. The van der Waals surface area contributed by atoms with Crippen molar-refractivity contribution in [3.05, 3.63) is 0 Å². The molecule has 2 rings (SSSR count). The Kier molecular flexibility index (Phi) is 6.92. The van der Waals surface area contributed by atoms with Crippen molar-refractivity contribution in [2.24, 2.45) is 0 Å². The summed E-state index contributed by atoms with van der Waals surface area (Å²) in [4.78, 5) is 4.97. The van der Waals surface area contributed by atoms with E-state index >= 15 is 0 Å². The van der Waals surface area contributed by atoms with Crippen LogP contribution in [-0.2, 0) is 4.74 Å². The van der Waals surface area contributed by atoms with E-state index in [9.17, 15) is 0 Å². The first-order valence-corrected chi connectivity index (χ1v) is 8.00. The number of hydrogen-bond donors (Lipinski definition) is 1. The molecule has 120 valence electrons. The molecule has 2 saturated heterocycles. The van der Waals surface area contributed by atoms with E-state index in [-0.39, 0.29) is 0 Å². The van der Waals surface area contributed by atoms with E-state index in [1.54, 1.807) is 0 Å². The van der Waals surface area contributed by atoms with Crippen LogP contribution in [0, 0.1) is 0 Å². The smallest absolute Gasteiger partial charge is 0.0594 e. The SMILES string of the molecule is CC(C)(C)N1CCNCC1.CC(C)(C)N1CCOCC1. The maximum atomic E-state index is 5.25. The minimum absolute atomic E-state index is 0.323. The van der Waals surface area contributed by atoms with Gasteiger partial charge < -0.3 is 10.1 Å². The van der Waals surface area contributed by atoms with Crippen LogP contribution in [-0.4, -0.2) is 73.4 Å². The highest BCUT2D eigenvalue weighted by Crippen LogP contribution is 2.14. The lowest BCUT2D eigenvalue weighted by Crippen LogP contribution is -2.51. The van der Waals surface area contributed by atoms with Crippen LogP contribution in [0.15, 0.2) is 0 Å². The quantitative estimate of drug-likeness (QED) is 0.734. The molecule has 20 heavy (non-hydrogen) atoms. The van der Waals surface area contributed by atoms with Crippen LogP contribution in [0.4, 0.5) is 0 Å². The first kappa shape index (κ1) is 17.9. The van der Waals surface area contributed by atoms with Crippen molar-refractivity contribution < 1.29 is 4.74 Å². The summed E-state index contributed by atoms with van der Waals surface area (Å²) in [5.74, 6) is 0. The molecule has 0 saturated carbocycles. The summed E-state index contributed by atoms with van der Waals surface area (Å²) < 4.78 is 5.25. The highest BCUT2D eigenvalue weighted by molar-refractivity contribution is 4.80. The Balaban J connectivity index is 0.000000200. The Morgan fingerprint density at radius 2 is 1.10 bits per heavy atom. The second kappa shape index (κ2) is 7.74. The fraction of sp³-hybridized carbons (Fsp3) is 1.00. The minimum atomic E-state index is 0.323. The number of morpholine rings is 1. The van der Waals surface area contributed by atoms with Crippen LogP contribution < -0.4 is 5.32 Å². The summed E-state index contributed by atoms with van der Waals surface area (Å²) >= 11 is 0. The summed E-state index contributed by atoms with van der Waals surface area (Å²) in [6.45, 7) is 22.2. The van der Waals surface area contributed by atoms with Gasteiger partial charge in [-0.15, -0.1) is 0 Å². The van der Waals surface area contributed by atoms with Gasteiger partial charge in [0.2, 0.25) is 0 Å². The van der Waals surface area contributed by atoms with Gasteiger partial charge in [0.25, 0.3) is 0 Å². The van der Waals surface area contributed by atoms with E-state index in [2.05, 4.69) is 56.7 Å². The number of rotatable bonds is 0.